The summed E-state index contributed by atoms with van der Waals surface area (Å²) in [6, 6.07) is -1.14. The van der Waals surface area contributed by atoms with Crippen LogP contribution in [-0.4, -0.2) is 107 Å². The molecule has 1 fully saturated rings. The highest BCUT2D eigenvalue weighted by atomic mass is 32.3. The van der Waals surface area contributed by atoms with Gasteiger partial charge in [0.25, 0.3) is 0 Å². The number of aliphatic hydroxyl groups excluding tert-OH is 5. The molecule has 52 heavy (non-hydrogen) atoms. The van der Waals surface area contributed by atoms with Gasteiger partial charge in [0.2, 0.25) is 5.91 Å². The van der Waals surface area contributed by atoms with Crippen molar-refractivity contribution < 1.29 is 57.0 Å². The quantitative estimate of drug-likeness (QED) is 0.0284. The van der Waals surface area contributed by atoms with Crippen LogP contribution in [0.4, 0.5) is 0 Å². The van der Waals surface area contributed by atoms with Gasteiger partial charge in [0.05, 0.1) is 25.4 Å². The molecular weight excluding hydrogens is 694 g/mol. The fraction of sp³-hybridized carbons (Fsp3) is 0.816. The first-order valence-electron chi connectivity index (χ1n) is 19.5. The van der Waals surface area contributed by atoms with E-state index in [0.717, 1.165) is 57.8 Å². The van der Waals surface area contributed by atoms with E-state index in [1.807, 2.05) is 0 Å². The summed E-state index contributed by atoms with van der Waals surface area (Å²) in [5.41, 5.74) is 0. The molecule has 1 heterocycles. The lowest BCUT2D eigenvalue weighted by Crippen LogP contribution is -2.61. The van der Waals surface area contributed by atoms with E-state index in [4.69, 9.17) is 14.0 Å². The van der Waals surface area contributed by atoms with E-state index in [-0.39, 0.29) is 6.42 Å². The Morgan fingerprint density at radius 2 is 1.31 bits per heavy atom. The first-order chi connectivity index (χ1) is 24.9. The highest BCUT2D eigenvalue weighted by Gasteiger charge is 2.48. The van der Waals surface area contributed by atoms with E-state index in [0.29, 0.717) is 12.8 Å². The average Bonchev–Trinajstić information content (AvgIpc) is 3.11. The number of aliphatic hydroxyl groups is 5. The number of rotatable bonds is 31. The van der Waals surface area contributed by atoms with Crippen LogP contribution in [0.25, 0.3) is 0 Å². The van der Waals surface area contributed by atoms with Crippen LogP contribution in [0.1, 0.15) is 136 Å². The maximum absolute atomic E-state index is 13.0. The van der Waals surface area contributed by atoms with Gasteiger partial charge in [-0.3, -0.25) is 9.35 Å². The average molecular weight is 764 g/mol. The third kappa shape index (κ3) is 22.5. The van der Waals surface area contributed by atoms with Crippen molar-refractivity contribution in [1.82, 2.24) is 5.32 Å². The Labute approximate surface area is 312 Å². The second-order valence-corrected chi connectivity index (χ2v) is 14.7. The van der Waals surface area contributed by atoms with E-state index in [1.54, 1.807) is 6.08 Å². The molecule has 1 aliphatic rings. The number of ether oxygens (including phenoxy) is 2. The van der Waals surface area contributed by atoms with Gasteiger partial charge in [-0.15, -0.1) is 0 Å². The maximum atomic E-state index is 13.0. The van der Waals surface area contributed by atoms with Gasteiger partial charge in [-0.2, -0.15) is 8.42 Å². The van der Waals surface area contributed by atoms with Gasteiger partial charge in [-0.25, -0.2) is 4.18 Å². The third-order valence-corrected chi connectivity index (χ3v) is 9.47. The van der Waals surface area contributed by atoms with Crippen LogP contribution in [0.3, 0.4) is 0 Å². The Morgan fingerprint density at radius 1 is 0.769 bits per heavy atom. The molecule has 14 heteroatoms. The Balaban J connectivity index is 2.75. The molecule has 0 saturated carbocycles. The number of hydrogen-bond acceptors (Lipinski definition) is 11. The molecule has 1 aliphatic heterocycles. The summed E-state index contributed by atoms with van der Waals surface area (Å²) >= 11 is 0. The summed E-state index contributed by atoms with van der Waals surface area (Å²) in [6.07, 6.45) is 19.8. The lowest BCUT2D eigenvalue weighted by molar-refractivity contribution is -0.298. The number of carbonyl (C=O) groups excluding carboxylic acids is 1. The molecule has 0 radical (unpaired) electrons. The summed E-state index contributed by atoms with van der Waals surface area (Å²) in [7, 11) is -5.12. The third-order valence-electron chi connectivity index (χ3n) is 9.00. The molecule has 8 unspecified atom stereocenters. The summed E-state index contributed by atoms with van der Waals surface area (Å²) in [5, 5.41) is 54.7. The second-order valence-electron chi connectivity index (χ2n) is 13.6. The minimum absolute atomic E-state index is 0.214. The summed E-state index contributed by atoms with van der Waals surface area (Å²) in [6.45, 7) is 3.08. The Bertz CT molecular complexity index is 1100. The summed E-state index contributed by atoms with van der Waals surface area (Å²) in [4.78, 5) is 13.0. The molecule has 0 spiro atoms. The standard InChI is InChI=1S/C38H69NO12S/c1-3-5-7-9-11-13-14-15-16-17-19-20-22-24-26-31(41)30(39-37(45)32(42)27-25-23-21-18-12-10-8-6-4-2)29-49-38-35(44)36(51-52(46,47)48)34(43)33(28-40)50-38/h10,12,17,19,24,26,30-36,38,40-44H,3-9,11,13-16,18,20-23,25,27-29H2,1-2H3,(H,39,45)(H,46,47,48)/b12-10-,19-17+,26-24+. The number of amides is 1. The van der Waals surface area contributed by atoms with Crippen molar-refractivity contribution in [3.63, 3.8) is 0 Å². The van der Waals surface area contributed by atoms with Crippen LogP contribution in [0.15, 0.2) is 36.5 Å². The number of allylic oxidation sites excluding steroid dienone is 5. The largest absolute Gasteiger partial charge is 0.397 e. The molecule has 0 aromatic rings. The SMILES string of the molecule is CCCC/C=C\CCCCCC(O)C(=O)NC(COC1OC(CO)C(O)C(OS(=O)(=O)O)C1O)C(O)/C=C/CC/C=C/CCCCCCCCCC. The van der Waals surface area contributed by atoms with Gasteiger partial charge in [0, 0.05) is 0 Å². The maximum Gasteiger partial charge on any atom is 0.397 e. The summed E-state index contributed by atoms with van der Waals surface area (Å²) in [5.74, 6) is -0.731. The second kappa shape index (κ2) is 29.6. The minimum Gasteiger partial charge on any atom is -0.394 e. The number of nitrogens with one attached hydrogen (secondary N) is 1. The van der Waals surface area contributed by atoms with Crippen LogP contribution < -0.4 is 5.32 Å². The van der Waals surface area contributed by atoms with Crippen LogP contribution in [0.5, 0.6) is 0 Å². The smallest absolute Gasteiger partial charge is 0.394 e. The van der Waals surface area contributed by atoms with E-state index in [2.05, 4.69) is 47.7 Å². The van der Waals surface area contributed by atoms with Crippen LogP contribution in [0.2, 0.25) is 0 Å². The van der Waals surface area contributed by atoms with Crippen molar-refractivity contribution in [2.45, 2.75) is 185 Å². The van der Waals surface area contributed by atoms with E-state index >= 15 is 0 Å². The Morgan fingerprint density at radius 3 is 1.90 bits per heavy atom. The normalized spacial score (nSPS) is 23.1. The van der Waals surface area contributed by atoms with Crippen LogP contribution in [0, 0.1) is 0 Å². The van der Waals surface area contributed by atoms with Crippen molar-refractivity contribution >= 4 is 16.3 Å². The van der Waals surface area contributed by atoms with Crippen LogP contribution >= 0.6 is 0 Å². The molecule has 1 rings (SSSR count). The van der Waals surface area contributed by atoms with Gasteiger partial charge >= 0.3 is 10.4 Å². The van der Waals surface area contributed by atoms with Gasteiger partial charge < -0.3 is 40.3 Å². The Hall–Kier alpha value is -1.72. The molecule has 0 bridgehead atoms. The van der Waals surface area contributed by atoms with Gasteiger partial charge in [0.15, 0.2) is 6.29 Å². The molecule has 0 aromatic carbocycles. The first kappa shape index (κ1) is 48.3. The predicted molar refractivity (Wildman–Crippen MR) is 201 cm³/mol. The van der Waals surface area contributed by atoms with Gasteiger partial charge in [0.1, 0.15) is 30.5 Å². The molecule has 0 aromatic heterocycles. The van der Waals surface area contributed by atoms with Gasteiger partial charge in [-0.05, 0) is 51.4 Å². The fourth-order valence-electron chi connectivity index (χ4n) is 5.81. The van der Waals surface area contributed by atoms with Gasteiger partial charge in [-0.1, -0.05) is 121 Å². The highest BCUT2D eigenvalue weighted by molar-refractivity contribution is 7.80. The zero-order valence-electron chi connectivity index (χ0n) is 31.5. The molecule has 13 nitrogen and oxygen atoms in total. The number of unbranched alkanes of at least 4 members (excludes halogenated alkanes) is 14. The lowest BCUT2D eigenvalue weighted by Gasteiger charge is -2.41. The molecule has 7 N–H and O–H groups in total. The molecule has 8 atom stereocenters. The zero-order valence-corrected chi connectivity index (χ0v) is 32.3. The van der Waals surface area contributed by atoms with Crippen molar-refractivity contribution in [3.8, 4) is 0 Å². The fourth-order valence-corrected chi connectivity index (χ4v) is 6.32. The monoisotopic (exact) mass is 763 g/mol. The zero-order chi connectivity index (χ0) is 38.6. The van der Waals surface area contributed by atoms with Crippen LogP contribution in [-0.2, 0) is 28.9 Å². The molecule has 304 valence electrons. The lowest BCUT2D eigenvalue weighted by atomic mass is 9.99. The summed E-state index contributed by atoms with van der Waals surface area (Å²) < 4.78 is 47.2. The van der Waals surface area contributed by atoms with E-state index in [9.17, 15) is 38.7 Å². The molecular formula is C38H69NO12S. The molecule has 1 amide bonds. The van der Waals surface area contributed by atoms with Crippen molar-refractivity contribution in [3.05, 3.63) is 36.5 Å². The Kier molecular flexibility index (Phi) is 27.5. The topological polar surface area (TPSA) is 212 Å². The molecule has 1 saturated heterocycles. The highest BCUT2D eigenvalue weighted by Crippen LogP contribution is 2.26. The van der Waals surface area contributed by atoms with Crippen molar-refractivity contribution in [2.24, 2.45) is 0 Å². The number of carbonyl (C=O) groups is 1. The molecule has 0 aliphatic carbocycles. The van der Waals surface area contributed by atoms with E-state index < -0.39 is 78.5 Å². The van der Waals surface area contributed by atoms with E-state index in [1.165, 1.54) is 51.0 Å². The van der Waals surface area contributed by atoms with Crippen molar-refractivity contribution in [2.75, 3.05) is 13.2 Å². The number of hydrogen-bond donors (Lipinski definition) is 7. The predicted octanol–water partition coefficient (Wildman–Crippen LogP) is 4.96. The first-order valence-corrected chi connectivity index (χ1v) is 20.8. The van der Waals surface area contributed by atoms with Crippen molar-refractivity contribution in [1.29, 1.82) is 0 Å². The minimum atomic E-state index is -5.12.